The molecule has 2 heterocycles. The highest BCUT2D eigenvalue weighted by molar-refractivity contribution is 6.07. The Bertz CT molecular complexity index is 703. The molecule has 0 N–H and O–H groups in total. The molecule has 1 aromatic heterocycles. The fourth-order valence-corrected chi connectivity index (χ4v) is 4.47. The van der Waals surface area contributed by atoms with Gasteiger partial charge in [0.15, 0.2) is 0 Å². The Morgan fingerprint density at radius 1 is 1.09 bits per heavy atom. The molecule has 0 bridgehead atoms. The predicted octanol–water partition coefficient (Wildman–Crippen LogP) is 3.83. The van der Waals surface area contributed by atoms with Gasteiger partial charge in [-0.2, -0.15) is 0 Å². The Hall–Kier alpha value is -1.77. The largest absolute Gasteiger partial charge is 0.350 e. The lowest BCUT2D eigenvalue weighted by Crippen LogP contribution is -2.44. The maximum Gasteiger partial charge on any atom is 0.256 e. The monoisotopic (exact) mass is 296 g/mol. The van der Waals surface area contributed by atoms with Crippen molar-refractivity contribution >= 4 is 16.8 Å². The van der Waals surface area contributed by atoms with Crippen LogP contribution in [0.5, 0.6) is 0 Å². The van der Waals surface area contributed by atoms with E-state index in [1.807, 2.05) is 25.4 Å². The zero-order valence-corrected chi connectivity index (χ0v) is 13.3. The number of carbonyl (C=O) groups excluding carboxylic acids is 1. The number of nitrogens with zero attached hydrogens (tertiary/aromatic N) is 2. The van der Waals surface area contributed by atoms with Crippen LogP contribution in [0.2, 0.25) is 0 Å². The van der Waals surface area contributed by atoms with Crippen LogP contribution in [0.3, 0.4) is 0 Å². The van der Waals surface area contributed by atoms with Crippen LogP contribution in [0.15, 0.2) is 30.5 Å². The second-order valence-electron chi connectivity index (χ2n) is 7.02. The molecule has 0 unspecified atom stereocenters. The van der Waals surface area contributed by atoms with Crippen LogP contribution >= 0.6 is 0 Å². The van der Waals surface area contributed by atoms with Gasteiger partial charge in [0.2, 0.25) is 0 Å². The van der Waals surface area contributed by atoms with Gasteiger partial charge < -0.3 is 9.47 Å². The Balaban J connectivity index is 1.61. The van der Waals surface area contributed by atoms with E-state index in [2.05, 4.69) is 21.6 Å². The van der Waals surface area contributed by atoms with E-state index in [-0.39, 0.29) is 5.91 Å². The SMILES string of the molecule is Cn1cc(C(=O)N2CC[C@H]3CCCC[C@H]3C2)c2ccccc21. The molecule has 116 valence electrons. The molecule has 1 saturated carbocycles. The number of aryl methyl sites for hydroxylation is 1. The van der Waals surface area contributed by atoms with Gasteiger partial charge in [-0.05, 0) is 30.7 Å². The van der Waals surface area contributed by atoms with E-state index in [1.165, 1.54) is 32.1 Å². The Labute approximate surface area is 131 Å². The summed E-state index contributed by atoms with van der Waals surface area (Å²) in [5.74, 6) is 1.83. The first-order chi connectivity index (χ1) is 10.7. The van der Waals surface area contributed by atoms with Gasteiger partial charge in [-0.1, -0.05) is 37.5 Å². The number of para-hydroxylation sites is 1. The molecule has 1 amide bonds. The van der Waals surface area contributed by atoms with Crippen LogP contribution < -0.4 is 0 Å². The number of rotatable bonds is 1. The number of hydrogen-bond donors (Lipinski definition) is 0. The maximum absolute atomic E-state index is 13.0. The number of piperidine rings is 1. The Morgan fingerprint density at radius 2 is 1.86 bits per heavy atom. The molecule has 2 aliphatic rings. The second-order valence-corrected chi connectivity index (χ2v) is 7.02. The summed E-state index contributed by atoms with van der Waals surface area (Å²) in [4.78, 5) is 15.1. The van der Waals surface area contributed by atoms with Gasteiger partial charge in [-0.25, -0.2) is 0 Å². The van der Waals surface area contributed by atoms with Gasteiger partial charge in [0.05, 0.1) is 5.56 Å². The van der Waals surface area contributed by atoms with Crippen LogP contribution in [0.25, 0.3) is 10.9 Å². The van der Waals surface area contributed by atoms with Crippen molar-refractivity contribution in [1.82, 2.24) is 9.47 Å². The number of hydrogen-bond acceptors (Lipinski definition) is 1. The Morgan fingerprint density at radius 3 is 2.73 bits per heavy atom. The highest BCUT2D eigenvalue weighted by Gasteiger charge is 2.33. The first-order valence-electron chi connectivity index (χ1n) is 8.57. The molecule has 3 heteroatoms. The predicted molar refractivity (Wildman–Crippen MR) is 88.9 cm³/mol. The fourth-order valence-electron chi connectivity index (χ4n) is 4.47. The van der Waals surface area contributed by atoms with Gasteiger partial charge in [0.25, 0.3) is 5.91 Å². The zero-order chi connectivity index (χ0) is 15.1. The van der Waals surface area contributed by atoms with Gasteiger partial charge in [-0.3, -0.25) is 4.79 Å². The van der Waals surface area contributed by atoms with Crippen molar-refractivity contribution in [2.24, 2.45) is 18.9 Å². The topological polar surface area (TPSA) is 25.2 Å². The summed E-state index contributed by atoms with van der Waals surface area (Å²) in [6.07, 6.45) is 8.61. The number of likely N-dealkylation sites (tertiary alicyclic amines) is 1. The average molecular weight is 296 g/mol. The second kappa shape index (κ2) is 5.45. The quantitative estimate of drug-likeness (QED) is 0.785. The molecule has 2 atom stereocenters. The van der Waals surface area contributed by atoms with Crippen molar-refractivity contribution in [3.8, 4) is 0 Å². The van der Waals surface area contributed by atoms with Crippen molar-refractivity contribution in [1.29, 1.82) is 0 Å². The highest BCUT2D eigenvalue weighted by Crippen LogP contribution is 2.36. The fraction of sp³-hybridized carbons (Fsp3) is 0.526. The molecule has 1 saturated heterocycles. The average Bonchev–Trinajstić information content (AvgIpc) is 2.91. The van der Waals surface area contributed by atoms with Crippen molar-refractivity contribution in [2.45, 2.75) is 32.1 Å². The molecule has 22 heavy (non-hydrogen) atoms. The van der Waals surface area contributed by atoms with E-state index in [4.69, 9.17) is 0 Å². The Kier molecular flexibility index (Phi) is 3.44. The van der Waals surface area contributed by atoms with Crippen LogP contribution in [0.1, 0.15) is 42.5 Å². The van der Waals surface area contributed by atoms with Crippen LogP contribution in [-0.4, -0.2) is 28.5 Å². The van der Waals surface area contributed by atoms with Crippen molar-refractivity contribution in [3.05, 3.63) is 36.0 Å². The molecular formula is C19H24N2O. The lowest BCUT2D eigenvalue weighted by atomic mass is 9.75. The van der Waals surface area contributed by atoms with E-state index >= 15 is 0 Å². The van der Waals surface area contributed by atoms with E-state index in [0.717, 1.165) is 41.4 Å². The molecule has 3 nitrogen and oxygen atoms in total. The summed E-state index contributed by atoms with van der Waals surface area (Å²) >= 11 is 0. The van der Waals surface area contributed by atoms with Gasteiger partial charge in [0.1, 0.15) is 0 Å². The van der Waals surface area contributed by atoms with E-state index in [1.54, 1.807) is 0 Å². The number of aromatic nitrogens is 1. The van der Waals surface area contributed by atoms with Crippen molar-refractivity contribution < 1.29 is 4.79 Å². The zero-order valence-electron chi connectivity index (χ0n) is 13.3. The van der Waals surface area contributed by atoms with Gasteiger partial charge in [-0.15, -0.1) is 0 Å². The first kappa shape index (κ1) is 13.9. The molecule has 0 spiro atoms. The standard InChI is InChI=1S/C19H24N2O/c1-20-13-17(16-8-4-5-9-18(16)20)19(22)21-11-10-14-6-2-3-7-15(14)12-21/h4-5,8-9,13-15H,2-3,6-7,10-12H2,1H3/t14-,15+/m1/s1. The maximum atomic E-state index is 13.0. The summed E-state index contributed by atoms with van der Waals surface area (Å²) in [5, 5.41) is 1.08. The summed E-state index contributed by atoms with van der Waals surface area (Å²) in [6, 6.07) is 8.20. The smallest absolute Gasteiger partial charge is 0.256 e. The summed E-state index contributed by atoms with van der Waals surface area (Å²) in [6.45, 7) is 1.90. The van der Waals surface area contributed by atoms with Crippen molar-refractivity contribution in [2.75, 3.05) is 13.1 Å². The van der Waals surface area contributed by atoms with Gasteiger partial charge in [0, 0.05) is 37.2 Å². The van der Waals surface area contributed by atoms with Crippen LogP contribution in [0.4, 0.5) is 0 Å². The summed E-state index contributed by atoms with van der Waals surface area (Å²) in [7, 11) is 2.02. The lowest BCUT2D eigenvalue weighted by molar-refractivity contribution is 0.0522. The summed E-state index contributed by atoms with van der Waals surface area (Å²) in [5.41, 5.74) is 2.01. The molecule has 1 aliphatic carbocycles. The van der Waals surface area contributed by atoms with E-state index in [0.29, 0.717) is 0 Å². The molecular weight excluding hydrogens is 272 g/mol. The van der Waals surface area contributed by atoms with Crippen LogP contribution in [-0.2, 0) is 7.05 Å². The highest BCUT2D eigenvalue weighted by atomic mass is 16.2. The molecule has 0 radical (unpaired) electrons. The molecule has 1 aliphatic heterocycles. The number of amides is 1. The molecule has 4 rings (SSSR count). The van der Waals surface area contributed by atoms with Crippen molar-refractivity contribution in [3.63, 3.8) is 0 Å². The normalized spacial score (nSPS) is 25.2. The van der Waals surface area contributed by atoms with Crippen LogP contribution in [0, 0.1) is 11.8 Å². The number of fused-ring (bicyclic) bond motifs is 2. The lowest BCUT2D eigenvalue weighted by Gasteiger charge is -2.41. The molecule has 2 fully saturated rings. The number of carbonyl (C=O) groups is 1. The minimum absolute atomic E-state index is 0.223. The minimum Gasteiger partial charge on any atom is -0.350 e. The van der Waals surface area contributed by atoms with E-state index < -0.39 is 0 Å². The minimum atomic E-state index is 0.223. The third kappa shape index (κ3) is 2.23. The number of benzene rings is 1. The third-order valence-corrected chi connectivity index (χ3v) is 5.71. The first-order valence-corrected chi connectivity index (χ1v) is 8.57. The van der Waals surface area contributed by atoms with Gasteiger partial charge >= 0.3 is 0 Å². The van der Waals surface area contributed by atoms with E-state index in [9.17, 15) is 4.79 Å². The summed E-state index contributed by atoms with van der Waals surface area (Å²) < 4.78 is 2.07. The molecule has 2 aromatic rings. The molecule has 1 aromatic carbocycles. The third-order valence-electron chi connectivity index (χ3n) is 5.71.